The van der Waals surface area contributed by atoms with Gasteiger partial charge in [-0.3, -0.25) is 0 Å². The first kappa shape index (κ1) is 14.3. The molecule has 0 amide bonds. The topological polar surface area (TPSA) is 17.1 Å². The molecule has 2 rings (SSSR count). The van der Waals surface area contributed by atoms with Crippen molar-refractivity contribution >= 4 is 6.29 Å². The molecule has 1 fully saturated rings. The van der Waals surface area contributed by atoms with Crippen LogP contribution in [-0.2, 0) is 10.2 Å². The van der Waals surface area contributed by atoms with E-state index in [4.69, 9.17) is 0 Å². The Kier molecular flexibility index (Phi) is 3.59. The van der Waals surface area contributed by atoms with Crippen molar-refractivity contribution in [2.45, 2.75) is 59.3 Å². The third kappa shape index (κ3) is 2.04. The molecule has 0 saturated heterocycles. The fourth-order valence-corrected chi connectivity index (χ4v) is 3.97. The Bertz CT molecular complexity index is 486. The van der Waals surface area contributed by atoms with Crippen LogP contribution in [0.2, 0.25) is 0 Å². The lowest BCUT2D eigenvalue weighted by Crippen LogP contribution is -2.51. The van der Waals surface area contributed by atoms with Gasteiger partial charge in [0.15, 0.2) is 0 Å². The van der Waals surface area contributed by atoms with E-state index < -0.39 is 0 Å². The molecule has 1 aliphatic rings. The predicted octanol–water partition coefficient (Wildman–Crippen LogP) is 4.59. The zero-order valence-corrected chi connectivity index (χ0v) is 12.9. The van der Waals surface area contributed by atoms with Gasteiger partial charge in [0.25, 0.3) is 0 Å². The summed E-state index contributed by atoms with van der Waals surface area (Å²) in [4.78, 5) is 12.1. The van der Waals surface area contributed by atoms with Crippen LogP contribution in [0.1, 0.15) is 56.7 Å². The van der Waals surface area contributed by atoms with Crippen LogP contribution in [0.15, 0.2) is 18.2 Å². The summed E-state index contributed by atoms with van der Waals surface area (Å²) in [6.07, 6.45) is 4.74. The molecule has 1 aromatic rings. The number of carbonyl (C=O) groups is 1. The van der Waals surface area contributed by atoms with E-state index in [0.29, 0.717) is 5.92 Å². The second-order valence-electron chi connectivity index (χ2n) is 6.96. The Morgan fingerprint density at radius 2 is 1.89 bits per heavy atom. The van der Waals surface area contributed by atoms with Crippen molar-refractivity contribution in [3.63, 3.8) is 0 Å². The van der Waals surface area contributed by atoms with Gasteiger partial charge in [0.2, 0.25) is 0 Å². The highest BCUT2D eigenvalue weighted by molar-refractivity contribution is 5.71. The van der Waals surface area contributed by atoms with Crippen LogP contribution in [-0.4, -0.2) is 6.29 Å². The van der Waals surface area contributed by atoms with Crippen molar-refractivity contribution < 1.29 is 4.79 Å². The van der Waals surface area contributed by atoms with Gasteiger partial charge >= 0.3 is 0 Å². The first-order valence-corrected chi connectivity index (χ1v) is 7.39. The minimum absolute atomic E-state index is 0.0358. The van der Waals surface area contributed by atoms with Crippen molar-refractivity contribution in [3.05, 3.63) is 34.9 Å². The highest BCUT2D eigenvalue weighted by atomic mass is 16.1. The summed E-state index contributed by atoms with van der Waals surface area (Å²) in [5.74, 6) is 0.413. The maximum absolute atomic E-state index is 12.1. The molecule has 19 heavy (non-hydrogen) atoms. The highest BCUT2D eigenvalue weighted by Gasteiger charge is 2.52. The summed E-state index contributed by atoms with van der Waals surface area (Å²) in [5, 5.41) is 0. The van der Waals surface area contributed by atoms with E-state index in [1.807, 2.05) is 0 Å². The number of aryl methyl sites for hydroxylation is 2. The minimum atomic E-state index is -0.330. The van der Waals surface area contributed by atoms with Gasteiger partial charge in [0, 0.05) is 0 Å². The van der Waals surface area contributed by atoms with E-state index >= 15 is 0 Å². The van der Waals surface area contributed by atoms with E-state index in [9.17, 15) is 4.79 Å². The fraction of sp³-hybridized carbons (Fsp3) is 0.611. The summed E-state index contributed by atoms with van der Waals surface area (Å²) < 4.78 is 0. The maximum Gasteiger partial charge on any atom is 0.131 e. The number of rotatable bonds is 2. The highest BCUT2D eigenvalue weighted by Crippen LogP contribution is 2.53. The normalized spacial score (nSPS) is 30.1. The SMILES string of the molecule is Cc1ccc([C@@]2(C=O)[C@@H](C)CCCC2(C)C)cc1C. The second kappa shape index (κ2) is 4.77. The Labute approximate surface area is 117 Å². The zero-order chi connectivity index (χ0) is 14.3. The van der Waals surface area contributed by atoms with Gasteiger partial charge in [0.1, 0.15) is 6.29 Å². The lowest BCUT2D eigenvalue weighted by Gasteiger charge is -2.51. The minimum Gasteiger partial charge on any atom is -0.302 e. The average molecular weight is 258 g/mol. The monoisotopic (exact) mass is 258 g/mol. The molecule has 2 atom stereocenters. The Balaban J connectivity index is 2.62. The lowest BCUT2D eigenvalue weighted by atomic mass is 9.51. The Hall–Kier alpha value is -1.11. The van der Waals surface area contributed by atoms with Crippen LogP contribution in [0.3, 0.4) is 0 Å². The van der Waals surface area contributed by atoms with Crippen LogP contribution in [0, 0.1) is 25.2 Å². The van der Waals surface area contributed by atoms with Crippen LogP contribution in [0.5, 0.6) is 0 Å². The Morgan fingerprint density at radius 3 is 2.42 bits per heavy atom. The number of hydrogen-bond donors (Lipinski definition) is 0. The van der Waals surface area contributed by atoms with Gasteiger partial charge in [-0.25, -0.2) is 0 Å². The second-order valence-corrected chi connectivity index (χ2v) is 6.96. The van der Waals surface area contributed by atoms with Crippen molar-refractivity contribution in [2.24, 2.45) is 11.3 Å². The molecule has 0 aliphatic heterocycles. The molecule has 0 spiro atoms. The molecule has 1 saturated carbocycles. The molecule has 0 aromatic heterocycles. The van der Waals surface area contributed by atoms with E-state index in [1.54, 1.807) is 0 Å². The maximum atomic E-state index is 12.1. The van der Waals surface area contributed by atoms with Crippen LogP contribution in [0.25, 0.3) is 0 Å². The lowest BCUT2D eigenvalue weighted by molar-refractivity contribution is -0.121. The van der Waals surface area contributed by atoms with Crippen LogP contribution >= 0.6 is 0 Å². The van der Waals surface area contributed by atoms with E-state index in [1.165, 1.54) is 29.4 Å². The van der Waals surface area contributed by atoms with Crippen LogP contribution in [0.4, 0.5) is 0 Å². The van der Waals surface area contributed by atoms with Gasteiger partial charge in [-0.1, -0.05) is 45.4 Å². The molecule has 104 valence electrons. The van der Waals surface area contributed by atoms with Gasteiger partial charge in [-0.15, -0.1) is 0 Å². The first-order valence-electron chi connectivity index (χ1n) is 7.39. The molecule has 0 bridgehead atoms. The summed E-state index contributed by atoms with van der Waals surface area (Å²) in [6, 6.07) is 6.56. The average Bonchev–Trinajstić information content (AvgIpc) is 2.33. The molecule has 0 heterocycles. The van der Waals surface area contributed by atoms with Crippen LogP contribution < -0.4 is 0 Å². The fourth-order valence-electron chi connectivity index (χ4n) is 3.97. The summed E-state index contributed by atoms with van der Waals surface area (Å²) in [7, 11) is 0. The van der Waals surface area contributed by atoms with Gasteiger partial charge in [-0.05, 0) is 54.7 Å². The largest absolute Gasteiger partial charge is 0.302 e. The molecule has 1 nitrogen and oxygen atoms in total. The molecular formula is C18H26O. The third-order valence-corrected chi connectivity index (χ3v) is 5.51. The number of aldehydes is 1. The number of benzene rings is 1. The summed E-state index contributed by atoms with van der Waals surface area (Å²) >= 11 is 0. The summed E-state index contributed by atoms with van der Waals surface area (Å²) in [6.45, 7) is 11.0. The van der Waals surface area contributed by atoms with E-state index in [2.05, 4.69) is 52.8 Å². The molecule has 1 aliphatic carbocycles. The van der Waals surface area contributed by atoms with Crippen molar-refractivity contribution in [2.75, 3.05) is 0 Å². The van der Waals surface area contributed by atoms with Crippen molar-refractivity contribution in [3.8, 4) is 0 Å². The van der Waals surface area contributed by atoms with Gasteiger partial charge in [-0.2, -0.15) is 0 Å². The number of carbonyl (C=O) groups excluding carboxylic acids is 1. The molecule has 1 heteroatoms. The third-order valence-electron chi connectivity index (χ3n) is 5.51. The molecule has 0 unspecified atom stereocenters. The van der Waals surface area contributed by atoms with E-state index in [0.717, 1.165) is 12.8 Å². The molecular weight excluding hydrogens is 232 g/mol. The smallest absolute Gasteiger partial charge is 0.131 e. The predicted molar refractivity (Wildman–Crippen MR) is 80.5 cm³/mol. The summed E-state index contributed by atoms with van der Waals surface area (Å²) in [5.41, 5.74) is 3.50. The standard InChI is InChI=1S/C18H26O/c1-13-8-9-16(11-14(13)2)18(12-19)15(3)7-6-10-17(18,4)5/h8-9,11-12,15H,6-7,10H2,1-5H3/t15-,18+/m0/s1. The van der Waals surface area contributed by atoms with Crippen molar-refractivity contribution in [1.29, 1.82) is 0 Å². The van der Waals surface area contributed by atoms with Gasteiger partial charge in [0.05, 0.1) is 5.41 Å². The number of hydrogen-bond acceptors (Lipinski definition) is 1. The van der Waals surface area contributed by atoms with E-state index in [-0.39, 0.29) is 10.8 Å². The van der Waals surface area contributed by atoms with Crippen molar-refractivity contribution in [1.82, 2.24) is 0 Å². The molecule has 0 N–H and O–H groups in total. The molecule has 1 aromatic carbocycles. The quantitative estimate of drug-likeness (QED) is 0.709. The molecule has 0 radical (unpaired) electrons. The Morgan fingerprint density at radius 1 is 1.21 bits per heavy atom. The van der Waals surface area contributed by atoms with Gasteiger partial charge < -0.3 is 4.79 Å². The first-order chi connectivity index (χ1) is 8.85. The zero-order valence-electron chi connectivity index (χ0n) is 12.9.